The van der Waals surface area contributed by atoms with Gasteiger partial charge in [-0.25, -0.2) is 4.98 Å². The summed E-state index contributed by atoms with van der Waals surface area (Å²) in [5.74, 6) is 2.58. The summed E-state index contributed by atoms with van der Waals surface area (Å²) in [6, 6.07) is 6.97. The topological polar surface area (TPSA) is 63.7 Å². The normalized spacial score (nSPS) is 24.2. The van der Waals surface area contributed by atoms with Crippen molar-refractivity contribution in [1.29, 1.82) is 0 Å². The van der Waals surface area contributed by atoms with Gasteiger partial charge in [-0.15, -0.1) is 0 Å². The Labute approximate surface area is 183 Å². The molecule has 1 aromatic heterocycles. The first-order valence-electron chi connectivity index (χ1n) is 11.3. The number of nitrogens with zero attached hydrogens (tertiary/aromatic N) is 2. The number of ether oxygens (including phenoxy) is 2. The lowest BCUT2D eigenvalue weighted by Crippen LogP contribution is -2.41. The van der Waals surface area contributed by atoms with Gasteiger partial charge in [-0.1, -0.05) is 6.07 Å². The van der Waals surface area contributed by atoms with E-state index >= 15 is 0 Å². The van der Waals surface area contributed by atoms with Gasteiger partial charge in [0, 0.05) is 24.9 Å². The highest BCUT2D eigenvalue weighted by molar-refractivity contribution is 5.56. The highest BCUT2D eigenvalue weighted by atomic mass is 16.5. The molecule has 2 fully saturated rings. The third kappa shape index (κ3) is 3.78. The molecule has 0 spiro atoms. The van der Waals surface area contributed by atoms with Gasteiger partial charge in [-0.3, -0.25) is 4.79 Å². The summed E-state index contributed by atoms with van der Waals surface area (Å²) in [6.07, 6.45) is 4.12. The number of nitrogens with one attached hydrogen (secondary N) is 1. The van der Waals surface area contributed by atoms with Crippen LogP contribution in [0.15, 0.2) is 18.2 Å². The minimum atomic E-state index is 0.256. The van der Waals surface area contributed by atoms with Gasteiger partial charge >= 0.3 is 0 Å². The van der Waals surface area contributed by atoms with Crippen molar-refractivity contribution in [3.63, 3.8) is 0 Å². The number of amides is 1. The first kappa shape index (κ1) is 20.3. The number of fused-ring (bicyclic) bond motifs is 2. The fourth-order valence-electron chi connectivity index (χ4n) is 5.16. The lowest BCUT2D eigenvalue weighted by molar-refractivity contribution is -0.109. The molecule has 31 heavy (non-hydrogen) atoms. The van der Waals surface area contributed by atoms with E-state index in [-0.39, 0.29) is 6.10 Å². The van der Waals surface area contributed by atoms with Gasteiger partial charge in [0.1, 0.15) is 17.7 Å². The zero-order valence-corrected chi connectivity index (χ0v) is 18.6. The van der Waals surface area contributed by atoms with Crippen molar-refractivity contribution in [3.8, 4) is 5.75 Å². The second-order valence-corrected chi connectivity index (χ2v) is 9.09. The molecule has 1 aliphatic carbocycles. The standard InChI is InChI=1S/C25H31N3O3/c1-15-16(2)22(12-26-14-29)27-25(17(15)3)28-8-6-24(21-11-23(21)28)31-20-5-4-18-7-9-30-13-19(18)10-20/h4-5,10,14,21,23-24H,6-9,11-13H2,1-3H3,(H,26,29). The predicted molar refractivity (Wildman–Crippen MR) is 119 cm³/mol. The minimum absolute atomic E-state index is 0.256. The van der Waals surface area contributed by atoms with Crippen LogP contribution in [-0.4, -0.2) is 36.7 Å². The second kappa shape index (κ2) is 8.15. The van der Waals surface area contributed by atoms with Crippen LogP contribution >= 0.6 is 0 Å². The van der Waals surface area contributed by atoms with E-state index in [2.05, 4.69) is 49.2 Å². The molecule has 1 N–H and O–H groups in total. The molecule has 3 unspecified atom stereocenters. The predicted octanol–water partition coefficient (Wildman–Crippen LogP) is 3.37. The molecule has 1 amide bonds. The number of aromatic nitrogens is 1. The van der Waals surface area contributed by atoms with Crippen molar-refractivity contribution >= 4 is 12.2 Å². The first-order valence-corrected chi connectivity index (χ1v) is 11.3. The number of benzene rings is 1. The molecule has 1 saturated carbocycles. The highest BCUT2D eigenvalue weighted by Gasteiger charge is 2.52. The van der Waals surface area contributed by atoms with Gasteiger partial charge < -0.3 is 19.7 Å². The molecule has 1 aromatic carbocycles. The van der Waals surface area contributed by atoms with Crippen LogP contribution in [0, 0.1) is 26.7 Å². The minimum Gasteiger partial charge on any atom is -0.490 e. The molecule has 1 saturated heterocycles. The van der Waals surface area contributed by atoms with Crippen molar-refractivity contribution < 1.29 is 14.3 Å². The maximum atomic E-state index is 10.8. The Morgan fingerprint density at radius 1 is 1.23 bits per heavy atom. The van der Waals surface area contributed by atoms with Crippen LogP contribution in [0.1, 0.15) is 46.4 Å². The van der Waals surface area contributed by atoms with Gasteiger partial charge in [0.15, 0.2) is 0 Å². The summed E-state index contributed by atoms with van der Waals surface area (Å²) < 4.78 is 12.1. The first-order chi connectivity index (χ1) is 15.1. The Balaban J connectivity index is 1.31. The summed E-state index contributed by atoms with van der Waals surface area (Å²) in [6.45, 7) is 9.32. The van der Waals surface area contributed by atoms with Gasteiger partial charge in [0.05, 0.1) is 25.5 Å². The van der Waals surface area contributed by atoms with Crippen LogP contribution in [-0.2, 0) is 29.1 Å². The zero-order valence-electron chi connectivity index (χ0n) is 18.6. The van der Waals surface area contributed by atoms with Crippen molar-refractivity contribution in [3.05, 3.63) is 51.7 Å². The van der Waals surface area contributed by atoms with Gasteiger partial charge in [-0.05, 0) is 73.6 Å². The average molecular weight is 422 g/mol. The van der Waals surface area contributed by atoms with Gasteiger partial charge in [-0.2, -0.15) is 0 Å². The quantitative estimate of drug-likeness (QED) is 0.725. The summed E-state index contributed by atoms with van der Waals surface area (Å²) in [5.41, 5.74) is 7.27. The Hall–Kier alpha value is -2.60. The Kier molecular flexibility index (Phi) is 5.34. The molecule has 3 atom stereocenters. The van der Waals surface area contributed by atoms with Crippen LogP contribution in [0.5, 0.6) is 5.75 Å². The maximum Gasteiger partial charge on any atom is 0.207 e. The van der Waals surface area contributed by atoms with E-state index in [0.29, 0.717) is 25.1 Å². The fourth-order valence-corrected chi connectivity index (χ4v) is 5.16. The van der Waals surface area contributed by atoms with Crippen LogP contribution < -0.4 is 15.0 Å². The molecule has 0 radical (unpaired) electrons. The van der Waals surface area contributed by atoms with Crippen LogP contribution in [0.4, 0.5) is 5.82 Å². The summed E-state index contributed by atoms with van der Waals surface area (Å²) in [5, 5.41) is 2.77. The van der Waals surface area contributed by atoms with Crippen molar-refractivity contribution in [2.45, 2.75) is 65.3 Å². The van der Waals surface area contributed by atoms with Crippen LogP contribution in [0.2, 0.25) is 0 Å². The maximum absolute atomic E-state index is 10.8. The zero-order chi connectivity index (χ0) is 21.5. The number of rotatable bonds is 6. The average Bonchev–Trinajstić information content (AvgIpc) is 3.59. The number of anilines is 1. The van der Waals surface area contributed by atoms with Gasteiger partial charge in [0.2, 0.25) is 6.41 Å². The summed E-state index contributed by atoms with van der Waals surface area (Å²) >= 11 is 0. The van der Waals surface area contributed by atoms with E-state index in [9.17, 15) is 4.79 Å². The number of piperidine rings is 1. The molecule has 2 aromatic rings. The molecule has 3 aliphatic rings. The van der Waals surface area contributed by atoms with Crippen molar-refractivity contribution in [1.82, 2.24) is 10.3 Å². The largest absolute Gasteiger partial charge is 0.490 e. The molecular weight excluding hydrogens is 390 g/mol. The third-order valence-electron chi connectivity index (χ3n) is 7.33. The van der Waals surface area contributed by atoms with Crippen molar-refractivity contribution in [2.75, 3.05) is 18.1 Å². The van der Waals surface area contributed by atoms with Crippen molar-refractivity contribution in [2.24, 2.45) is 5.92 Å². The molecule has 6 heteroatoms. The van der Waals surface area contributed by atoms with E-state index in [0.717, 1.165) is 61.6 Å². The molecular formula is C25H31N3O3. The number of carbonyl (C=O) groups is 1. The summed E-state index contributed by atoms with van der Waals surface area (Å²) in [7, 11) is 0. The molecule has 2 aliphatic heterocycles. The monoisotopic (exact) mass is 421 g/mol. The highest BCUT2D eigenvalue weighted by Crippen LogP contribution is 2.47. The SMILES string of the molecule is Cc1c(CNC=O)nc(N2CCC(Oc3ccc4c(c3)COCC4)C3CC32)c(C)c1C. The van der Waals surface area contributed by atoms with Gasteiger partial charge in [0.25, 0.3) is 0 Å². The van der Waals surface area contributed by atoms with E-state index in [1.807, 2.05) is 0 Å². The van der Waals surface area contributed by atoms with E-state index in [1.54, 1.807) is 0 Å². The number of hydrogen-bond acceptors (Lipinski definition) is 5. The van der Waals surface area contributed by atoms with E-state index in [4.69, 9.17) is 14.5 Å². The van der Waals surface area contributed by atoms with E-state index < -0.39 is 0 Å². The molecule has 164 valence electrons. The molecule has 3 heterocycles. The Morgan fingerprint density at radius 3 is 2.94 bits per heavy atom. The lowest BCUT2D eigenvalue weighted by Gasteiger charge is -2.34. The molecule has 0 bridgehead atoms. The fraction of sp³-hybridized carbons (Fsp3) is 0.520. The number of hydrogen-bond donors (Lipinski definition) is 1. The second-order valence-electron chi connectivity index (χ2n) is 9.09. The van der Waals surface area contributed by atoms with E-state index in [1.165, 1.54) is 22.3 Å². The molecule has 5 rings (SSSR count). The third-order valence-corrected chi connectivity index (χ3v) is 7.33. The summed E-state index contributed by atoms with van der Waals surface area (Å²) in [4.78, 5) is 18.2. The Bertz CT molecular complexity index is 1010. The lowest BCUT2D eigenvalue weighted by atomic mass is 10.0. The number of pyridine rings is 1. The number of carbonyl (C=O) groups excluding carboxylic acids is 1. The Morgan fingerprint density at radius 2 is 2.10 bits per heavy atom. The van der Waals surface area contributed by atoms with Crippen LogP contribution in [0.3, 0.4) is 0 Å². The van der Waals surface area contributed by atoms with Crippen LogP contribution in [0.25, 0.3) is 0 Å². The molecule has 6 nitrogen and oxygen atoms in total. The smallest absolute Gasteiger partial charge is 0.207 e.